The van der Waals surface area contributed by atoms with E-state index in [-0.39, 0.29) is 0 Å². The van der Waals surface area contributed by atoms with Crippen molar-refractivity contribution >= 4 is 11.3 Å². The molecule has 2 heteroatoms. The van der Waals surface area contributed by atoms with Gasteiger partial charge >= 0.3 is 0 Å². The van der Waals surface area contributed by atoms with E-state index >= 15 is 0 Å². The summed E-state index contributed by atoms with van der Waals surface area (Å²) in [5.41, 5.74) is 5.58. The summed E-state index contributed by atoms with van der Waals surface area (Å²) < 4.78 is 0. The average molecular weight is 232 g/mol. The summed E-state index contributed by atoms with van der Waals surface area (Å²) in [5.74, 6) is 0. The van der Waals surface area contributed by atoms with Crippen LogP contribution in [0.5, 0.6) is 0 Å². The molecule has 0 fully saturated rings. The SMILES string of the molecule is Cc1ccc(C(O)c2cscc2C)c(C)c1. The minimum atomic E-state index is -0.494. The molecule has 84 valence electrons. The molecule has 1 aromatic carbocycles. The zero-order valence-electron chi connectivity index (χ0n) is 9.82. The topological polar surface area (TPSA) is 20.2 Å². The Hall–Kier alpha value is -1.12. The van der Waals surface area contributed by atoms with Crippen molar-refractivity contribution in [3.63, 3.8) is 0 Å². The van der Waals surface area contributed by atoms with Gasteiger partial charge in [-0.2, -0.15) is 11.3 Å². The monoisotopic (exact) mass is 232 g/mol. The maximum absolute atomic E-state index is 10.3. The third-order valence-electron chi connectivity index (χ3n) is 2.91. The highest BCUT2D eigenvalue weighted by molar-refractivity contribution is 7.08. The van der Waals surface area contributed by atoms with Crippen LogP contribution in [0, 0.1) is 20.8 Å². The molecule has 0 aliphatic carbocycles. The molecule has 2 aromatic rings. The highest BCUT2D eigenvalue weighted by Gasteiger charge is 2.15. The Bertz CT molecular complexity index is 499. The number of rotatable bonds is 2. The van der Waals surface area contributed by atoms with Crippen molar-refractivity contribution in [1.29, 1.82) is 0 Å². The third-order valence-corrected chi connectivity index (χ3v) is 3.79. The van der Waals surface area contributed by atoms with Crippen LogP contribution in [0.2, 0.25) is 0 Å². The third kappa shape index (κ3) is 2.04. The fourth-order valence-corrected chi connectivity index (χ4v) is 2.82. The van der Waals surface area contributed by atoms with E-state index in [0.29, 0.717) is 0 Å². The van der Waals surface area contributed by atoms with Crippen LogP contribution in [-0.4, -0.2) is 5.11 Å². The molecule has 0 saturated carbocycles. The van der Waals surface area contributed by atoms with E-state index in [1.165, 1.54) is 5.56 Å². The summed E-state index contributed by atoms with van der Waals surface area (Å²) in [7, 11) is 0. The summed E-state index contributed by atoms with van der Waals surface area (Å²) in [6.45, 7) is 6.16. The van der Waals surface area contributed by atoms with Crippen LogP contribution in [0.1, 0.15) is 33.9 Å². The first kappa shape index (κ1) is 11.4. The highest BCUT2D eigenvalue weighted by Crippen LogP contribution is 2.29. The second kappa shape index (κ2) is 4.40. The first-order chi connectivity index (χ1) is 7.59. The molecule has 1 heterocycles. The molecule has 1 atom stereocenters. The molecule has 2 rings (SSSR count). The van der Waals surface area contributed by atoms with Gasteiger partial charge in [-0.25, -0.2) is 0 Å². The number of aryl methyl sites for hydroxylation is 3. The van der Waals surface area contributed by atoms with Gasteiger partial charge in [0.15, 0.2) is 0 Å². The van der Waals surface area contributed by atoms with Gasteiger partial charge in [0.2, 0.25) is 0 Å². The lowest BCUT2D eigenvalue weighted by molar-refractivity contribution is 0.219. The molecule has 1 aromatic heterocycles. The number of aliphatic hydroxyl groups excluding tert-OH is 1. The van der Waals surface area contributed by atoms with E-state index in [0.717, 1.165) is 22.3 Å². The first-order valence-electron chi connectivity index (χ1n) is 5.37. The molecular formula is C14H16OS. The second-order valence-corrected chi connectivity index (χ2v) is 5.02. The van der Waals surface area contributed by atoms with Gasteiger partial charge in [0, 0.05) is 0 Å². The zero-order chi connectivity index (χ0) is 11.7. The molecular weight excluding hydrogens is 216 g/mol. The number of benzene rings is 1. The smallest absolute Gasteiger partial charge is 0.105 e. The number of hydrogen-bond donors (Lipinski definition) is 1. The van der Waals surface area contributed by atoms with Crippen LogP contribution < -0.4 is 0 Å². The number of hydrogen-bond acceptors (Lipinski definition) is 2. The second-order valence-electron chi connectivity index (χ2n) is 4.27. The van der Waals surface area contributed by atoms with Gasteiger partial charge in [-0.3, -0.25) is 0 Å². The van der Waals surface area contributed by atoms with Gasteiger partial charge in [0.1, 0.15) is 6.10 Å². The maximum Gasteiger partial charge on any atom is 0.105 e. The van der Waals surface area contributed by atoms with Crippen molar-refractivity contribution in [3.8, 4) is 0 Å². The van der Waals surface area contributed by atoms with Crippen molar-refractivity contribution in [2.24, 2.45) is 0 Å². The van der Waals surface area contributed by atoms with Crippen molar-refractivity contribution in [2.75, 3.05) is 0 Å². The van der Waals surface area contributed by atoms with E-state index < -0.39 is 6.10 Å². The molecule has 0 aliphatic rings. The van der Waals surface area contributed by atoms with E-state index in [1.807, 2.05) is 31.4 Å². The first-order valence-corrected chi connectivity index (χ1v) is 6.32. The molecule has 0 amide bonds. The normalized spacial score (nSPS) is 12.8. The van der Waals surface area contributed by atoms with Gasteiger partial charge in [0.25, 0.3) is 0 Å². The summed E-state index contributed by atoms with van der Waals surface area (Å²) in [5, 5.41) is 14.4. The Labute approximate surface area is 100 Å². The van der Waals surface area contributed by atoms with Gasteiger partial charge in [-0.15, -0.1) is 0 Å². The van der Waals surface area contributed by atoms with Gasteiger partial charge < -0.3 is 5.11 Å². The van der Waals surface area contributed by atoms with Crippen molar-refractivity contribution in [3.05, 3.63) is 56.8 Å². The van der Waals surface area contributed by atoms with Gasteiger partial charge in [0.05, 0.1) is 0 Å². The fourth-order valence-electron chi connectivity index (χ4n) is 1.95. The highest BCUT2D eigenvalue weighted by atomic mass is 32.1. The zero-order valence-corrected chi connectivity index (χ0v) is 10.6. The molecule has 0 bridgehead atoms. The summed E-state index contributed by atoms with van der Waals surface area (Å²) in [4.78, 5) is 0. The Morgan fingerprint density at radius 2 is 1.75 bits per heavy atom. The lowest BCUT2D eigenvalue weighted by Gasteiger charge is -2.14. The van der Waals surface area contributed by atoms with Crippen LogP contribution in [0.25, 0.3) is 0 Å². The van der Waals surface area contributed by atoms with Crippen molar-refractivity contribution in [1.82, 2.24) is 0 Å². The molecule has 1 unspecified atom stereocenters. The summed E-state index contributed by atoms with van der Waals surface area (Å²) in [6, 6.07) is 6.18. The Morgan fingerprint density at radius 3 is 2.31 bits per heavy atom. The van der Waals surface area contributed by atoms with Crippen LogP contribution in [0.4, 0.5) is 0 Å². The van der Waals surface area contributed by atoms with E-state index in [9.17, 15) is 5.11 Å². The number of aliphatic hydroxyl groups is 1. The summed E-state index contributed by atoms with van der Waals surface area (Å²) >= 11 is 1.64. The maximum atomic E-state index is 10.3. The standard InChI is InChI=1S/C14H16OS/c1-9-4-5-12(10(2)6-9)14(15)13-8-16-7-11(13)3/h4-8,14-15H,1-3H3. The minimum Gasteiger partial charge on any atom is -0.384 e. The molecule has 0 radical (unpaired) electrons. The Morgan fingerprint density at radius 1 is 1.00 bits per heavy atom. The fraction of sp³-hybridized carbons (Fsp3) is 0.286. The van der Waals surface area contributed by atoms with Crippen LogP contribution in [-0.2, 0) is 0 Å². The van der Waals surface area contributed by atoms with E-state index in [4.69, 9.17) is 0 Å². The predicted octanol–water partition coefficient (Wildman–Crippen LogP) is 3.76. The molecule has 0 spiro atoms. The van der Waals surface area contributed by atoms with E-state index in [1.54, 1.807) is 11.3 Å². The molecule has 1 nitrogen and oxygen atoms in total. The molecule has 1 N–H and O–H groups in total. The van der Waals surface area contributed by atoms with Crippen LogP contribution in [0.3, 0.4) is 0 Å². The molecule has 0 saturated heterocycles. The van der Waals surface area contributed by atoms with Gasteiger partial charge in [-0.1, -0.05) is 23.8 Å². The summed E-state index contributed by atoms with van der Waals surface area (Å²) in [6.07, 6.45) is -0.494. The Balaban J connectivity index is 2.41. The Kier molecular flexibility index (Phi) is 3.13. The lowest BCUT2D eigenvalue weighted by atomic mass is 9.96. The van der Waals surface area contributed by atoms with Crippen molar-refractivity contribution in [2.45, 2.75) is 26.9 Å². The van der Waals surface area contributed by atoms with Crippen LogP contribution >= 0.6 is 11.3 Å². The average Bonchev–Trinajstić information content (AvgIpc) is 2.63. The molecule has 0 aliphatic heterocycles. The van der Waals surface area contributed by atoms with E-state index in [2.05, 4.69) is 18.4 Å². The lowest BCUT2D eigenvalue weighted by Crippen LogP contribution is -2.02. The van der Waals surface area contributed by atoms with Crippen LogP contribution in [0.15, 0.2) is 29.0 Å². The predicted molar refractivity (Wildman–Crippen MR) is 69.0 cm³/mol. The minimum absolute atomic E-state index is 0.494. The van der Waals surface area contributed by atoms with Crippen molar-refractivity contribution < 1.29 is 5.11 Å². The quantitative estimate of drug-likeness (QED) is 0.836. The number of thiophene rings is 1. The molecule has 16 heavy (non-hydrogen) atoms. The van der Waals surface area contributed by atoms with Gasteiger partial charge in [-0.05, 0) is 53.8 Å². The largest absolute Gasteiger partial charge is 0.384 e.